The predicted octanol–water partition coefficient (Wildman–Crippen LogP) is 0.913. The Labute approximate surface area is 148 Å². The molecule has 1 aromatic carbocycles. The maximum Gasteiger partial charge on any atom is 0.320 e. The van der Waals surface area contributed by atoms with E-state index in [1.165, 1.54) is 10.6 Å². The third-order valence-electron chi connectivity index (χ3n) is 3.79. The van der Waals surface area contributed by atoms with E-state index in [1.807, 2.05) is 30.3 Å². The molecule has 0 aliphatic rings. The van der Waals surface area contributed by atoms with E-state index >= 15 is 0 Å². The molecule has 3 rings (SSSR count). The molecule has 26 heavy (non-hydrogen) atoms. The molecular weight excluding hydrogens is 334 g/mol. The van der Waals surface area contributed by atoms with Crippen molar-refractivity contribution in [1.29, 1.82) is 0 Å². The first-order valence-electron chi connectivity index (χ1n) is 7.92. The monoisotopic (exact) mass is 351 g/mol. The summed E-state index contributed by atoms with van der Waals surface area (Å²) < 4.78 is 1.31. The van der Waals surface area contributed by atoms with Crippen molar-refractivity contribution in [2.75, 3.05) is 5.32 Å². The van der Waals surface area contributed by atoms with Crippen LogP contribution in [0.15, 0.2) is 65.7 Å². The molecule has 2 aromatic heterocycles. The van der Waals surface area contributed by atoms with Crippen LogP contribution in [0.1, 0.15) is 5.56 Å². The standard InChI is InChI=1S/C18H17N5O3/c19-16(24)13(10-12-6-2-1-3-7-12)21-18(26)22-14-11-20-15-8-4-5-9-23(15)17(14)25/h1-9,11,13H,10H2,(H2,19,24)(H2,21,22,26)/t13-/m0/s1. The van der Waals surface area contributed by atoms with Crippen LogP contribution in [-0.4, -0.2) is 27.4 Å². The number of primary amides is 1. The number of pyridine rings is 1. The fourth-order valence-corrected chi connectivity index (χ4v) is 2.50. The van der Waals surface area contributed by atoms with Gasteiger partial charge in [-0.1, -0.05) is 36.4 Å². The second kappa shape index (κ2) is 7.47. The van der Waals surface area contributed by atoms with Crippen LogP contribution in [0, 0.1) is 0 Å². The fourth-order valence-electron chi connectivity index (χ4n) is 2.50. The third-order valence-corrected chi connectivity index (χ3v) is 3.79. The smallest absolute Gasteiger partial charge is 0.320 e. The lowest BCUT2D eigenvalue weighted by molar-refractivity contribution is -0.119. The van der Waals surface area contributed by atoms with Crippen molar-refractivity contribution in [3.63, 3.8) is 0 Å². The highest BCUT2D eigenvalue weighted by molar-refractivity contribution is 5.93. The number of urea groups is 1. The lowest BCUT2D eigenvalue weighted by atomic mass is 10.1. The fraction of sp³-hybridized carbons (Fsp3) is 0.111. The van der Waals surface area contributed by atoms with E-state index in [1.54, 1.807) is 24.4 Å². The number of hydrogen-bond donors (Lipinski definition) is 3. The van der Waals surface area contributed by atoms with Crippen LogP contribution in [0.2, 0.25) is 0 Å². The first-order chi connectivity index (χ1) is 12.5. The second-order valence-electron chi connectivity index (χ2n) is 5.65. The molecule has 0 bridgehead atoms. The number of nitrogens with zero attached hydrogens (tertiary/aromatic N) is 2. The number of amides is 3. The van der Waals surface area contributed by atoms with Crippen LogP contribution >= 0.6 is 0 Å². The minimum atomic E-state index is -0.909. The Bertz CT molecular complexity index is 1000. The molecule has 1 atom stereocenters. The van der Waals surface area contributed by atoms with Gasteiger partial charge >= 0.3 is 6.03 Å². The molecule has 0 fully saturated rings. The summed E-state index contributed by atoms with van der Waals surface area (Å²) in [5.41, 5.74) is 6.25. The molecule has 8 nitrogen and oxygen atoms in total. The summed E-state index contributed by atoms with van der Waals surface area (Å²) >= 11 is 0. The maximum absolute atomic E-state index is 12.4. The van der Waals surface area contributed by atoms with Crippen molar-refractivity contribution in [2.24, 2.45) is 5.73 Å². The molecular formula is C18H17N5O3. The Kier molecular flexibility index (Phi) is 4.93. The topological polar surface area (TPSA) is 119 Å². The molecule has 0 saturated heterocycles. The second-order valence-corrected chi connectivity index (χ2v) is 5.65. The Morgan fingerprint density at radius 3 is 2.58 bits per heavy atom. The van der Waals surface area contributed by atoms with E-state index in [9.17, 15) is 14.4 Å². The first kappa shape index (κ1) is 17.2. The zero-order chi connectivity index (χ0) is 18.5. The van der Waals surface area contributed by atoms with Crippen LogP contribution < -0.4 is 21.9 Å². The molecule has 2 heterocycles. The molecule has 0 aliphatic carbocycles. The molecule has 0 radical (unpaired) electrons. The number of aromatic nitrogens is 2. The van der Waals surface area contributed by atoms with Gasteiger partial charge in [0, 0.05) is 12.6 Å². The average Bonchev–Trinajstić information content (AvgIpc) is 2.64. The number of hydrogen-bond acceptors (Lipinski definition) is 4. The van der Waals surface area contributed by atoms with E-state index in [2.05, 4.69) is 15.6 Å². The number of nitrogens with two attached hydrogens (primary N) is 1. The molecule has 0 saturated carbocycles. The van der Waals surface area contributed by atoms with Gasteiger partial charge < -0.3 is 16.4 Å². The lowest BCUT2D eigenvalue weighted by Crippen LogP contribution is -2.47. The van der Waals surface area contributed by atoms with Crippen LogP contribution in [-0.2, 0) is 11.2 Å². The summed E-state index contributed by atoms with van der Waals surface area (Å²) in [7, 11) is 0. The highest BCUT2D eigenvalue weighted by atomic mass is 16.2. The maximum atomic E-state index is 12.4. The summed E-state index contributed by atoms with van der Waals surface area (Å²) in [6.07, 6.45) is 3.07. The van der Waals surface area contributed by atoms with Gasteiger partial charge in [0.25, 0.3) is 5.56 Å². The Morgan fingerprint density at radius 1 is 1.12 bits per heavy atom. The summed E-state index contributed by atoms with van der Waals surface area (Å²) in [6.45, 7) is 0. The number of carbonyl (C=O) groups is 2. The van der Waals surface area contributed by atoms with Gasteiger partial charge in [-0.25, -0.2) is 9.78 Å². The minimum Gasteiger partial charge on any atom is -0.368 e. The van der Waals surface area contributed by atoms with Crippen molar-refractivity contribution in [2.45, 2.75) is 12.5 Å². The zero-order valence-corrected chi connectivity index (χ0v) is 13.8. The van der Waals surface area contributed by atoms with E-state index in [-0.39, 0.29) is 12.1 Å². The number of anilines is 1. The number of fused-ring (bicyclic) bond motifs is 1. The SMILES string of the molecule is NC(=O)[C@H](Cc1ccccc1)NC(=O)Nc1cnc2ccccn2c1=O. The van der Waals surface area contributed by atoms with Gasteiger partial charge in [-0.15, -0.1) is 0 Å². The van der Waals surface area contributed by atoms with Crippen molar-refractivity contribution in [3.05, 3.63) is 76.8 Å². The van der Waals surface area contributed by atoms with Crippen LogP contribution in [0.5, 0.6) is 0 Å². The van der Waals surface area contributed by atoms with Crippen molar-refractivity contribution >= 4 is 23.3 Å². The van der Waals surface area contributed by atoms with Gasteiger partial charge in [0.05, 0.1) is 6.20 Å². The van der Waals surface area contributed by atoms with Crippen molar-refractivity contribution in [1.82, 2.24) is 14.7 Å². The summed E-state index contributed by atoms with van der Waals surface area (Å²) in [4.78, 5) is 40.3. The van der Waals surface area contributed by atoms with E-state index < -0.39 is 23.5 Å². The van der Waals surface area contributed by atoms with Crippen molar-refractivity contribution < 1.29 is 9.59 Å². The molecule has 3 aromatic rings. The number of rotatable bonds is 5. The molecule has 3 amide bonds. The minimum absolute atomic E-state index is 0.00543. The van der Waals surface area contributed by atoms with Crippen LogP contribution in [0.25, 0.3) is 5.65 Å². The Balaban J connectivity index is 1.74. The van der Waals surface area contributed by atoms with Crippen molar-refractivity contribution in [3.8, 4) is 0 Å². The summed E-state index contributed by atoms with van der Waals surface area (Å²) in [6, 6.07) is 12.7. The van der Waals surface area contributed by atoms with Gasteiger partial charge in [0.1, 0.15) is 17.4 Å². The van der Waals surface area contributed by atoms with Crippen LogP contribution in [0.4, 0.5) is 10.5 Å². The first-order valence-corrected chi connectivity index (χ1v) is 7.92. The summed E-state index contributed by atoms with van der Waals surface area (Å²) in [5.74, 6) is -0.669. The average molecular weight is 351 g/mol. The highest BCUT2D eigenvalue weighted by Gasteiger charge is 2.19. The Hall–Kier alpha value is -3.68. The number of benzene rings is 1. The highest BCUT2D eigenvalue weighted by Crippen LogP contribution is 2.05. The predicted molar refractivity (Wildman–Crippen MR) is 96.7 cm³/mol. The quantitative estimate of drug-likeness (QED) is 0.633. The molecule has 8 heteroatoms. The van der Waals surface area contributed by atoms with Gasteiger partial charge in [-0.3, -0.25) is 14.0 Å². The lowest BCUT2D eigenvalue weighted by Gasteiger charge is -2.16. The molecule has 0 unspecified atom stereocenters. The Morgan fingerprint density at radius 2 is 1.85 bits per heavy atom. The third kappa shape index (κ3) is 3.86. The normalized spacial score (nSPS) is 11.7. The summed E-state index contributed by atoms with van der Waals surface area (Å²) in [5, 5.41) is 4.91. The number of nitrogens with one attached hydrogen (secondary N) is 2. The molecule has 4 N–H and O–H groups in total. The van der Waals surface area contributed by atoms with Crippen LogP contribution in [0.3, 0.4) is 0 Å². The molecule has 132 valence electrons. The molecule has 0 aliphatic heterocycles. The van der Waals surface area contributed by atoms with E-state index in [0.717, 1.165) is 5.56 Å². The largest absolute Gasteiger partial charge is 0.368 e. The molecule has 0 spiro atoms. The van der Waals surface area contributed by atoms with Gasteiger partial charge in [0.15, 0.2) is 0 Å². The van der Waals surface area contributed by atoms with Gasteiger partial charge in [0.2, 0.25) is 5.91 Å². The van der Waals surface area contributed by atoms with E-state index in [4.69, 9.17) is 5.73 Å². The van der Waals surface area contributed by atoms with Gasteiger partial charge in [-0.2, -0.15) is 0 Å². The van der Waals surface area contributed by atoms with E-state index in [0.29, 0.717) is 5.65 Å². The number of carbonyl (C=O) groups excluding carboxylic acids is 2. The zero-order valence-electron chi connectivity index (χ0n) is 13.8. The van der Waals surface area contributed by atoms with Gasteiger partial charge in [-0.05, 0) is 17.7 Å².